The Kier molecular flexibility index (Phi) is 20.9. The molecule has 1 aliphatic rings. The second-order valence-electron chi connectivity index (χ2n) is 4.71. The van der Waals surface area contributed by atoms with E-state index in [0.717, 1.165) is 12.5 Å². The van der Waals surface area contributed by atoms with Crippen molar-refractivity contribution in [2.45, 2.75) is 44.9 Å². The molecule has 1 rings (SSSR count). The van der Waals surface area contributed by atoms with Crippen molar-refractivity contribution in [1.82, 2.24) is 0 Å². The van der Waals surface area contributed by atoms with Crippen molar-refractivity contribution in [1.29, 1.82) is 0 Å². The fourth-order valence-corrected chi connectivity index (χ4v) is 2.12. The summed E-state index contributed by atoms with van der Waals surface area (Å²) in [4.78, 5) is 27.0. The molecule has 10 heteroatoms. The minimum absolute atomic E-state index is 0. The van der Waals surface area contributed by atoms with Gasteiger partial charge in [-0.15, -0.1) is 0 Å². The number of nitrogens with two attached hydrogens (primary N) is 1. The molecule has 0 heterocycles. The number of rotatable bonds is 3. The van der Waals surface area contributed by atoms with Crippen LogP contribution >= 0.6 is 19.3 Å². The maximum absolute atomic E-state index is 7.56. The predicted octanol–water partition coefficient (Wildman–Crippen LogP) is -2.00. The summed E-state index contributed by atoms with van der Waals surface area (Å²) < 4.78 is 0. The van der Waals surface area contributed by atoms with Gasteiger partial charge in [0.15, 0.2) is 0 Å². The zero-order valence-corrected chi connectivity index (χ0v) is 17.2. The van der Waals surface area contributed by atoms with Crippen LogP contribution in [0.25, 0.3) is 0 Å². The standard InChI is InChI=1S/C11H22N2S.Na.H3O3PS.H2O/c12-11(9-14)13-8-10-6-4-2-1-3-5-7-10;;1-4(2,3)5;/h10,14H,1-9H2,(H2,12,13);;(H3,1,2,3,5);1H2/q;+1;;. The first-order chi connectivity index (χ1) is 8.83. The van der Waals surface area contributed by atoms with E-state index in [4.69, 9.17) is 20.4 Å². The Labute approximate surface area is 159 Å². The van der Waals surface area contributed by atoms with Gasteiger partial charge in [-0.05, 0) is 30.6 Å². The van der Waals surface area contributed by atoms with Gasteiger partial charge in [0.25, 0.3) is 0 Å². The second kappa shape index (κ2) is 16.2. The van der Waals surface area contributed by atoms with E-state index in [1.165, 1.54) is 44.9 Å². The van der Waals surface area contributed by atoms with Crippen molar-refractivity contribution < 1.29 is 49.7 Å². The van der Waals surface area contributed by atoms with Gasteiger partial charge < -0.3 is 25.9 Å². The van der Waals surface area contributed by atoms with Gasteiger partial charge in [-0.2, -0.15) is 12.6 Å². The normalized spacial score (nSPS) is 17.2. The monoisotopic (exact) mass is 369 g/mol. The van der Waals surface area contributed by atoms with E-state index in [1.807, 2.05) is 0 Å². The first-order valence-corrected chi connectivity index (χ1v) is 9.80. The van der Waals surface area contributed by atoms with E-state index in [1.54, 1.807) is 0 Å². The molecule has 0 aliphatic heterocycles. The molecule has 122 valence electrons. The molecule has 6 nitrogen and oxygen atoms in total. The summed E-state index contributed by atoms with van der Waals surface area (Å²) in [5, 5.41) is 0. The summed E-state index contributed by atoms with van der Waals surface area (Å²) >= 11 is 7.70. The third kappa shape index (κ3) is 23.7. The SMILES string of the molecule is NC(CS)=NCC1CCCCCCC1.O.OP(O)(O)=S.[Na+]. The molecule has 7 N–H and O–H groups in total. The van der Waals surface area contributed by atoms with Crippen LogP contribution in [0.15, 0.2) is 4.99 Å². The summed E-state index contributed by atoms with van der Waals surface area (Å²) in [5.74, 6) is 2.05. The van der Waals surface area contributed by atoms with E-state index < -0.39 is 6.72 Å². The van der Waals surface area contributed by atoms with Crippen LogP contribution in [0.4, 0.5) is 0 Å². The summed E-state index contributed by atoms with van der Waals surface area (Å²) in [6.07, 6.45) is 9.66. The largest absolute Gasteiger partial charge is 1.00 e. The third-order valence-corrected chi connectivity index (χ3v) is 3.26. The number of thiol groups is 1. The minimum atomic E-state index is -3.81. The zero-order chi connectivity index (χ0) is 14.7. The van der Waals surface area contributed by atoms with Crippen molar-refractivity contribution in [3.05, 3.63) is 0 Å². The summed E-state index contributed by atoms with van der Waals surface area (Å²) in [6.45, 7) is -2.88. The Hall–Kier alpha value is 1.31. The minimum Gasteiger partial charge on any atom is -0.412 e. The molecule has 0 atom stereocenters. The third-order valence-electron chi connectivity index (χ3n) is 2.94. The maximum atomic E-state index is 7.56. The molecular weight excluding hydrogens is 342 g/mol. The van der Waals surface area contributed by atoms with Gasteiger partial charge in [0.2, 0.25) is 0 Å². The van der Waals surface area contributed by atoms with E-state index in [9.17, 15) is 0 Å². The maximum Gasteiger partial charge on any atom is 1.00 e. The van der Waals surface area contributed by atoms with Crippen LogP contribution in [-0.4, -0.2) is 38.3 Å². The Morgan fingerprint density at radius 1 is 1.14 bits per heavy atom. The average Bonchev–Trinajstić information content (AvgIpc) is 2.24. The number of nitrogens with zero attached hydrogens (tertiary/aromatic N) is 1. The Morgan fingerprint density at radius 3 is 1.90 bits per heavy atom. The molecule has 1 aliphatic carbocycles. The Bertz CT molecular complexity index is 302. The van der Waals surface area contributed by atoms with Gasteiger partial charge in [0, 0.05) is 12.3 Å². The molecule has 0 aromatic heterocycles. The van der Waals surface area contributed by atoms with Crippen molar-refractivity contribution >= 4 is 37.0 Å². The van der Waals surface area contributed by atoms with Crippen LogP contribution in [-0.2, 0) is 11.8 Å². The predicted molar refractivity (Wildman–Crippen MR) is 90.7 cm³/mol. The van der Waals surface area contributed by atoms with E-state index in [2.05, 4.69) is 29.4 Å². The fraction of sp³-hybridized carbons (Fsp3) is 0.909. The smallest absolute Gasteiger partial charge is 0.412 e. The van der Waals surface area contributed by atoms with Crippen LogP contribution in [0.3, 0.4) is 0 Å². The molecule has 0 radical (unpaired) electrons. The van der Waals surface area contributed by atoms with E-state index in [0.29, 0.717) is 11.6 Å². The number of aliphatic imine (C=N–C) groups is 1. The quantitative estimate of drug-likeness (QED) is 0.129. The molecule has 21 heavy (non-hydrogen) atoms. The van der Waals surface area contributed by atoms with Gasteiger partial charge in [0.05, 0.1) is 0 Å². The van der Waals surface area contributed by atoms with E-state index >= 15 is 0 Å². The average molecular weight is 369 g/mol. The Balaban J connectivity index is -0.000000405. The van der Waals surface area contributed by atoms with Crippen molar-refractivity contribution in [2.75, 3.05) is 12.3 Å². The summed E-state index contributed by atoms with van der Waals surface area (Å²) in [5.41, 5.74) is 5.63. The van der Waals surface area contributed by atoms with Gasteiger partial charge in [-0.25, -0.2) is 0 Å². The molecule has 0 aromatic rings. The number of amidine groups is 1. The van der Waals surface area contributed by atoms with Crippen LogP contribution in [0.2, 0.25) is 0 Å². The molecule has 0 amide bonds. The van der Waals surface area contributed by atoms with Gasteiger partial charge in [0.1, 0.15) is 5.84 Å². The zero-order valence-electron chi connectivity index (χ0n) is 12.6. The molecule has 0 aromatic carbocycles. The molecule has 0 spiro atoms. The van der Waals surface area contributed by atoms with Crippen molar-refractivity contribution in [3.8, 4) is 0 Å². The van der Waals surface area contributed by atoms with Crippen LogP contribution in [0.5, 0.6) is 0 Å². The molecule has 0 unspecified atom stereocenters. The first-order valence-electron chi connectivity index (χ1n) is 6.51. The first kappa shape index (κ1) is 27.2. The topological polar surface area (TPSA) is 131 Å². The second-order valence-corrected chi connectivity index (χ2v) is 7.53. The fourth-order valence-electron chi connectivity index (χ4n) is 2.02. The van der Waals surface area contributed by atoms with Crippen LogP contribution in [0.1, 0.15) is 44.9 Å². The number of hydrogen-bond donors (Lipinski definition) is 5. The summed E-state index contributed by atoms with van der Waals surface area (Å²) in [6, 6.07) is 0. The number of hydrogen-bond acceptors (Lipinski definition) is 3. The van der Waals surface area contributed by atoms with Crippen molar-refractivity contribution in [3.63, 3.8) is 0 Å². The van der Waals surface area contributed by atoms with Gasteiger partial charge >= 0.3 is 36.3 Å². The van der Waals surface area contributed by atoms with Gasteiger partial charge in [-0.1, -0.05) is 32.1 Å². The van der Waals surface area contributed by atoms with Gasteiger partial charge in [-0.3, -0.25) is 4.99 Å². The van der Waals surface area contributed by atoms with Crippen LogP contribution in [0, 0.1) is 5.92 Å². The molecule has 1 saturated carbocycles. The molecule has 0 bridgehead atoms. The van der Waals surface area contributed by atoms with Crippen LogP contribution < -0.4 is 35.3 Å². The Morgan fingerprint density at radius 2 is 1.52 bits per heavy atom. The summed E-state index contributed by atoms with van der Waals surface area (Å²) in [7, 11) is 0. The van der Waals surface area contributed by atoms with Crippen molar-refractivity contribution in [2.24, 2.45) is 16.6 Å². The molecule has 0 saturated heterocycles. The molecule has 1 fully saturated rings. The molecular formula is C11H27N2NaO4PS2+. The van der Waals surface area contributed by atoms with E-state index in [-0.39, 0.29) is 35.0 Å².